The van der Waals surface area contributed by atoms with Crippen LogP contribution in [0, 0.1) is 5.92 Å². The summed E-state index contributed by atoms with van der Waals surface area (Å²) in [6.45, 7) is 2.63. The van der Waals surface area contributed by atoms with Crippen LogP contribution in [0.15, 0.2) is 24.3 Å². The molecule has 0 saturated heterocycles. The minimum absolute atomic E-state index is 0.0642. The topological polar surface area (TPSA) is 75.3 Å². The first kappa shape index (κ1) is 14.9. The normalized spacial score (nSPS) is 26.2. The smallest absolute Gasteiger partial charge is 0.225 e. The second-order valence-electron chi connectivity index (χ2n) is 5.86. The Labute approximate surface area is 120 Å². The van der Waals surface area contributed by atoms with Crippen molar-refractivity contribution in [2.45, 2.75) is 44.6 Å². The van der Waals surface area contributed by atoms with E-state index in [0.29, 0.717) is 18.0 Å². The summed E-state index contributed by atoms with van der Waals surface area (Å²) >= 11 is 0. The summed E-state index contributed by atoms with van der Waals surface area (Å²) in [5, 5.41) is 12.9. The van der Waals surface area contributed by atoms with Crippen molar-refractivity contribution < 1.29 is 9.90 Å². The quantitative estimate of drug-likeness (QED) is 0.787. The molecule has 110 valence electrons. The highest BCUT2D eigenvalue weighted by atomic mass is 16.3. The fraction of sp³-hybridized carbons (Fsp3) is 0.562. The number of carbonyl (C=O) groups is 1. The molecule has 0 bridgehead atoms. The number of phenols is 1. The van der Waals surface area contributed by atoms with Crippen LogP contribution in [0.5, 0.6) is 5.75 Å². The summed E-state index contributed by atoms with van der Waals surface area (Å²) in [4.78, 5) is 12.3. The SMILES string of the molecule is CC1CCCCC1(CN)NC(=O)Cc1ccccc1O. The van der Waals surface area contributed by atoms with Gasteiger partial charge in [-0.05, 0) is 24.8 Å². The Hall–Kier alpha value is -1.55. The molecule has 0 spiro atoms. The Morgan fingerprint density at radius 3 is 2.85 bits per heavy atom. The van der Waals surface area contributed by atoms with Crippen molar-refractivity contribution in [2.75, 3.05) is 6.54 Å². The van der Waals surface area contributed by atoms with Crippen LogP contribution >= 0.6 is 0 Å². The van der Waals surface area contributed by atoms with Gasteiger partial charge < -0.3 is 16.2 Å². The van der Waals surface area contributed by atoms with Gasteiger partial charge in [-0.2, -0.15) is 0 Å². The molecule has 1 aliphatic rings. The van der Waals surface area contributed by atoms with Crippen molar-refractivity contribution in [1.82, 2.24) is 5.32 Å². The first-order chi connectivity index (χ1) is 9.57. The Morgan fingerprint density at radius 2 is 2.20 bits per heavy atom. The molecule has 4 N–H and O–H groups in total. The monoisotopic (exact) mass is 276 g/mol. The molecule has 1 amide bonds. The molecule has 0 radical (unpaired) electrons. The zero-order chi connectivity index (χ0) is 14.6. The van der Waals surface area contributed by atoms with Gasteiger partial charge in [0.15, 0.2) is 0 Å². The second-order valence-corrected chi connectivity index (χ2v) is 5.86. The molecule has 2 rings (SSSR count). The molecule has 1 aromatic carbocycles. The molecule has 4 heteroatoms. The number of rotatable bonds is 4. The molecule has 1 aliphatic carbocycles. The van der Waals surface area contributed by atoms with Gasteiger partial charge in [0.05, 0.1) is 12.0 Å². The van der Waals surface area contributed by atoms with E-state index in [1.165, 1.54) is 6.42 Å². The van der Waals surface area contributed by atoms with E-state index in [9.17, 15) is 9.90 Å². The van der Waals surface area contributed by atoms with Gasteiger partial charge in [0.2, 0.25) is 5.91 Å². The largest absolute Gasteiger partial charge is 0.508 e. The lowest BCUT2D eigenvalue weighted by atomic mass is 9.73. The predicted octanol–water partition coefficient (Wildman–Crippen LogP) is 1.96. The average molecular weight is 276 g/mol. The number of amides is 1. The van der Waals surface area contributed by atoms with Crippen LogP contribution in [0.3, 0.4) is 0 Å². The number of carbonyl (C=O) groups excluding carboxylic acids is 1. The molecule has 2 unspecified atom stereocenters. The van der Waals surface area contributed by atoms with E-state index in [1.807, 2.05) is 6.07 Å². The van der Waals surface area contributed by atoms with E-state index in [1.54, 1.807) is 18.2 Å². The van der Waals surface area contributed by atoms with E-state index in [2.05, 4.69) is 12.2 Å². The van der Waals surface area contributed by atoms with E-state index in [4.69, 9.17) is 5.73 Å². The molecule has 1 fully saturated rings. The number of nitrogens with one attached hydrogen (secondary N) is 1. The highest BCUT2D eigenvalue weighted by Gasteiger charge is 2.38. The Kier molecular flexibility index (Phi) is 4.65. The molecule has 0 heterocycles. The molecular formula is C16H24N2O2. The summed E-state index contributed by atoms with van der Waals surface area (Å²) in [6.07, 6.45) is 4.56. The maximum atomic E-state index is 12.3. The number of nitrogens with two attached hydrogens (primary N) is 1. The molecule has 2 atom stereocenters. The van der Waals surface area contributed by atoms with Crippen LogP contribution in [0.2, 0.25) is 0 Å². The number of para-hydroxylation sites is 1. The van der Waals surface area contributed by atoms with E-state index < -0.39 is 0 Å². The third kappa shape index (κ3) is 3.12. The van der Waals surface area contributed by atoms with Crippen LogP contribution in [0.1, 0.15) is 38.2 Å². The summed E-state index contributed by atoms with van der Waals surface area (Å²) in [7, 11) is 0. The van der Waals surface area contributed by atoms with Crippen LogP contribution < -0.4 is 11.1 Å². The van der Waals surface area contributed by atoms with Gasteiger partial charge in [-0.1, -0.05) is 38.0 Å². The highest BCUT2D eigenvalue weighted by molar-refractivity contribution is 5.80. The number of hydrogen-bond donors (Lipinski definition) is 3. The van der Waals surface area contributed by atoms with Crippen molar-refractivity contribution in [3.05, 3.63) is 29.8 Å². The third-order valence-electron chi connectivity index (χ3n) is 4.55. The third-order valence-corrected chi connectivity index (χ3v) is 4.55. The van der Waals surface area contributed by atoms with Crippen molar-refractivity contribution in [2.24, 2.45) is 11.7 Å². The van der Waals surface area contributed by atoms with Crippen LogP contribution in [0.4, 0.5) is 0 Å². The van der Waals surface area contributed by atoms with E-state index in [0.717, 1.165) is 19.3 Å². The maximum Gasteiger partial charge on any atom is 0.225 e. The van der Waals surface area contributed by atoms with Gasteiger partial charge in [-0.3, -0.25) is 4.79 Å². The summed E-state index contributed by atoms with van der Waals surface area (Å²) in [5.41, 5.74) is 6.31. The summed E-state index contributed by atoms with van der Waals surface area (Å²) in [6, 6.07) is 6.95. The second kappa shape index (κ2) is 6.27. The van der Waals surface area contributed by atoms with Gasteiger partial charge in [0.25, 0.3) is 0 Å². The fourth-order valence-corrected chi connectivity index (χ4v) is 3.11. The summed E-state index contributed by atoms with van der Waals surface area (Å²) < 4.78 is 0. The first-order valence-electron chi connectivity index (χ1n) is 7.35. The fourth-order valence-electron chi connectivity index (χ4n) is 3.11. The number of phenolic OH excluding ortho intramolecular Hbond substituents is 1. The van der Waals surface area contributed by atoms with E-state index >= 15 is 0 Å². The molecule has 0 aromatic heterocycles. The van der Waals surface area contributed by atoms with Gasteiger partial charge in [0.1, 0.15) is 5.75 Å². The molecule has 1 saturated carbocycles. The lowest BCUT2D eigenvalue weighted by Crippen LogP contribution is -2.59. The Morgan fingerprint density at radius 1 is 1.45 bits per heavy atom. The average Bonchev–Trinajstić information content (AvgIpc) is 2.44. The lowest BCUT2D eigenvalue weighted by molar-refractivity contribution is -0.123. The minimum Gasteiger partial charge on any atom is -0.508 e. The highest BCUT2D eigenvalue weighted by Crippen LogP contribution is 2.33. The number of hydrogen-bond acceptors (Lipinski definition) is 3. The van der Waals surface area contributed by atoms with Crippen LogP contribution in [0.25, 0.3) is 0 Å². The Bertz CT molecular complexity index is 475. The standard InChI is InChI=1S/C16H24N2O2/c1-12-6-4-5-9-16(12,11-17)18-15(20)10-13-7-2-3-8-14(13)19/h2-3,7-8,12,19H,4-6,9-11,17H2,1H3,(H,18,20). The van der Waals surface area contributed by atoms with Crippen molar-refractivity contribution >= 4 is 5.91 Å². The number of aromatic hydroxyl groups is 1. The van der Waals surface area contributed by atoms with Crippen molar-refractivity contribution in [1.29, 1.82) is 0 Å². The molecule has 1 aromatic rings. The zero-order valence-electron chi connectivity index (χ0n) is 12.1. The van der Waals surface area contributed by atoms with Gasteiger partial charge >= 0.3 is 0 Å². The van der Waals surface area contributed by atoms with E-state index in [-0.39, 0.29) is 23.6 Å². The zero-order valence-corrected chi connectivity index (χ0v) is 12.1. The van der Waals surface area contributed by atoms with Gasteiger partial charge in [-0.25, -0.2) is 0 Å². The number of benzene rings is 1. The lowest BCUT2D eigenvalue weighted by Gasteiger charge is -2.42. The van der Waals surface area contributed by atoms with Crippen molar-refractivity contribution in [3.63, 3.8) is 0 Å². The molecule has 20 heavy (non-hydrogen) atoms. The maximum absolute atomic E-state index is 12.3. The Balaban J connectivity index is 2.04. The predicted molar refractivity (Wildman–Crippen MR) is 79.4 cm³/mol. The van der Waals surface area contributed by atoms with Crippen LogP contribution in [-0.4, -0.2) is 23.1 Å². The summed E-state index contributed by atoms with van der Waals surface area (Å²) in [5.74, 6) is 0.501. The molecule has 0 aliphatic heterocycles. The van der Waals surface area contributed by atoms with Gasteiger partial charge in [0, 0.05) is 12.1 Å². The van der Waals surface area contributed by atoms with Crippen LogP contribution in [-0.2, 0) is 11.2 Å². The molecular weight excluding hydrogens is 252 g/mol. The van der Waals surface area contributed by atoms with Gasteiger partial charge in [-0.15, -0.1) is 0 Å². The molecule has 4 nitrogen and oxygen atoms in total. The minimum atomic E-state index is -0.278. The first-order valence-corrected chi connectivity index (χ1v) is 7.35. The van der Waals surface area contributed by atoms with Crippen molar-refractivity contribution in [3.8, 4) is 5.75 Å².